The van der Waals surface area contributed by atoms with Crippen molar-refractivity contribution in [2.75, 3.05) is 13.1 Å². The molecule has 0 aliphatic carbocycles. The highest BCUT2D eigenvalue weighted by atomic mass is 16.4. The first kappa shape index (κ1) is 15.6. The number of rotatable bonds is 5. The monoisotopic (exact) mass is 314 g/mol. The first-order chi connectivity index (χ1) is 11.0. The third-order valence-electron chi connectivity index (χ3n) is 4.52. The van der Waals surface area contributed by atoms with Gasteiger partial charge in [0, 0.05) is 24.0 Å². The molecule has 0 unspecified atom stereocenters. The van der Waals surface area contributed by atoms with E-state index >= 15 is 0 Å². The van der Waals surface area contributed by atoms with Crippen LogP contribution in [0.3, 0.4) is 0 Å². The van der Waals surface area contributed by atoms with Crippen molar-refractivity contribution in [3.63, 3.8) is 0 Å². The fourth-order valence-corrected chi connectivity index (χ4v) is 3.40. The van der Waals surface area contributed by atoms with Crippen LogP contribution in [0.15, 0.2) is 18.2 Å². The maximum atomic E-state index is 12.9. The predicted octanol–water partition coefficient (Wildman–Crippen LogP) is 2.83. The van der Waals surface area contributed by atoms with Gasteiger partial charge in [0.05, 0.1) is 0 Å². The van der Waals surface area contributed by atoms with Gasteiger partial charge < -0.3 is 14.6 Å². The second-order valence-electron chi connectivity index (χ2n) is 6.22. The summed E-state index contributed by atoms with van der Waals surface area (Å²) < 4.78 is 1.67. The quantitative estimate of drug-likeness (QED) is 0.923. The van der Waals surface area contributed by atoms with Gasteiger partial charge in [0.15, 0.2) is 0 Å². The van der Waals surface area contributed by atoms with Crippen molar-refractivity contribution in [1.82, 2.24) is 9.47 Å². The van der Waals surface area contributed by atoms with Crippen LogP contribution in [0, 0.1) is 6.92 Å². The fraction of sp³-hybridized carbons (Fsp3) is 0.444. The highest BCUT2D eigenvalue weighted by molar-refractivity contribution is 6.03. The Morgan fingerprint density at radius 3 is 2.83 bits per heavy atom. The summed E-state index contributed by atoms with van der Waals surface area (Å²) in [5.41, 5.74) is 3.53. The van der Waals surface area contributed by atoms with Gasteiger partial charge in [-0.15, -0.1) is 0 Å². The van der Waals surface area contributed by atoms with E-state index < -0.39 is 5.97 Å². The number of benzene rings is 1. The van der Waals surface area contributed by atoms with Crippen LogP contribution in [-0.2, 0) is 17.8 Å². The van der Waals surface area contributed by atoms with E-state index in [0.29, 0.717) is 12.2 Å². The van der Waals surface area contributed by atoms with Crippen LogP contribution < -0.4 is 0 Å². The van der Waals surface area contributed by atoms with Crippen molar-refractivity contribution in [1.29, 1.82) is 0 Å². The van der Waals surface area contributed by atoms with E-state index in [1.54, 1.807) is 4.57 Å². The smallest absolute Gasteiger partial charge is 0.323 e. The molecule has 0 radical (unpaired) electrons. The molecule has 3 rings (SSSR count). The van der Waals surface area contributed by atoms with Gasteiger partial charge in [0.25, 0.3) is 5.91 Å². The molecular weight excluding hydrogens is 292 g/mol. The summed E-state index contributed by atoms with van der Waals surface area (Å²) in [6.07, 6.45) is 2.80. The molecule has 2 heterocycles. The Kier molecular flexibility index (Phi) is 4.11. The van der Waals surface area contributed by atoms with Crippen LogP contribution >= 0.6 is 0 Å². The second-order valence-corrected chi connectivity index (χ2v) is 6.22. The number of unbranched alkanes of at least 4 members (excludes halogenated alkanes) is 1. The normalized spacial score (nSPS) is 14.3. The van der Waals surface area contributed by atoms with Crippen LogP contribution in [0.5, 0.6) is 0 Å². The lowest BCUT2D eigenvalue weighted by Crippen LogP contribution is -2.39. The van der Waals surface area contributed by atoms with Gasteiger partial charge in [-0.05, 0) is 37.5 Å². The highest BCUT2D eigenvalue weighted by Gasteiger charge is 2.31. The molecule has 1 aliphatic rings. The number of carboxylic acids is 1. The number of aromatic nitrogens is 1. The number of carbonyl (C=O) groups excluding carboxylic acids is 1. The number of hydrogen-bond donors (Lipinski definition) is 1. The van der Waals surface area contributed by atoms with E-state index in [2.05, 4.69) is 13.0 Å². The summed E-state index contributed by atoms with van der Waals surface area (Å²) in [5, 5.41) is 10.3. The molecule has 0 saturated heterocycles. The minimum absolute atomic E-state index is 0.0326. The topological polar surface area (TPSA) is 62.5 Å². The van der Waals surface area contributed by atoms with Gasteiger partial charge in [-0.2, -0.15) is 0 Å². The van der Waals surface area contributed by atoms with Gasteiger partial charge in [0.1, 0.15) is 12.2 Å². The number of nitrogens with zero attached hydrogens (tertiary/aromatic N) is 2. The predicted molar refractivity (Wildman–Crippen MR) is 88.8 cm³/mol. The Morgan fingerprint density at radius 2 is 2.13 bits per heavy atom. The standard InChI is InChI=1S/C18H22N2O3/c1-3-4-8-19-9-7-13-14-10-12(2)5-6-15(14)20(11-16(21)22)17(13)18(19)23/h5-6,10H,3-4,7-9,11H2,1-2H3,(H,21,22). The Bertz CT molecular complexity index is 776. The van der Waals surface area contributed by atoms with Crippen molar-refractivity contribution >= 4 is 22.8 Å². The Balaban J connectivity index is 2.14. The highest BCUT2D eigenvalue weighted by Crippen LogP contribution is 2.31. The molecule has 122 valence electrons. The number of amides is 1. The number of hydrogen-bond acceptors (Lipinski definition) is 2. The van der Waals surface area contributed by atoms with E-state index in [1.165, 1.54) is 0 Å². The molecule has 1 N–H and O–H groups in total. The van der Waals surface area contributed by atoms with E-state index in [-0.39, 0.29) is 12.5 Å². The van der Waals surface area contributed by atoms with Gasteiger partial charge in [-0.25, -0.2) is 0 Å². The van der Waals surface area contributed by atoms with E-state index in [4.69, 9.17) is 0 Å². The van der Waals surface area contributed by atoms with Crippen molar-refractivity contribution in [2.24, 2.45) is 0 Å². The summed E-state index contributed by atoms with van der Waals surface area (Å²) in [4.78, 5) is 26.0. The van der Waals surface area contributed by atoms with Crippen LogP contribution in [0.1, 0.15) is 41.4 Å². The number of aryl methyl sites for hydroxylation is 1. The Labute approximate surface area is 135 Å². The molecule has 1 aromatic carbocycles. The molecule has 0 saturated carbocycles. The van der Waals surface area contributed by atoms with E-state index in [9.17, 15) is 14.7 Å². The molecule has 1 amide bonds. The van der Waals surface area contributed by atoms with Crippen molar-refractivity contribution < 1.29 is 14.7 Å². The zero-order valence-electron chi connectivity index (χ0n) is 13.6. The van der Waals surface area contributed by atoms with Crippen LogP contribution in [0.25, 0.3) is 10.9 Å². The van der Waals surface area contributed by atoms with Crippen LogP contribution in [-0.4, -0.2) is 39.5 Å². The second kappa shape index (κ2) is 6.07. The molecule has 1 aromatic heterocycles. The minimum Gasteiger partial charge on any atom is -0.480 e. The van der Waals surface area contributed by atoms with Crippen LogP contribution in [0.2, 0.25) is 0 Å². The molecule has 23 heavy (non-hydrogen) atoms. The lowest BCUT2D eigenvalue weighted by molar-refractivity contribution is -0.137. The zero-order chi connectivity index (χ0) is 16.6. The number of aliphatic carboxylic acids is 1. The Hall–Kier alpha value is -2.30. The summed E-state index contributed by atoms with van der Waals surface area (Å²) in [6, 6.07) is 5.95. The molecule has 0 fully saturated rings. The number of carbonyl (C=O) groups is 2. The average Bonchev–Trinajstić information content (AvgIpc) is 2.80. The van der Waals surface area contributed by atoms with E-state index in [0.717, 1.165) is 47.8 Å². The average molecular weight is 314 g/mol. The minimum atomic E-state index is -0.927. The van der Waals surface area contributed by atoms with Gasteiger partial charge in [-0.1, -0.05) is 25.0 Å². The first-order valence-electron chi connectivity index (χ1n) is 8.15. The number of carboxylic acid groups (broad SMARTS) is 1. The maximum Gasteiger partial charge on any atom is 0.323 e. The molecule has 1 aliphatic heterocycles. The summed E-state index contributed by atoms with van der Waals surface area (Å²) in [7, 11) is 0. The summed E-state index contributed by atoms with van der Waals surface area (Å²) >= 11 is 0. The van der Waals surface area contributed by atoms with Crippen molar-refractivity contribution in [2.45, 2.75) is 39.7 Å². The first-order valence-corrected chi connectivity index (χ1v) is 8.15. The number of fused-ring (bicyclic) bond motifs is 3. The maximum absolute atomic E-state index is 12.9. The largest absolute Gasteiger partial charge is 0.480 e. The lowest BCUT2D eigenvalue weighted by Gasteiger charge is -2.28. The molecule has 2 aromatic rings. The zero-order valence-corrected chi connectivity index (χ0v) is 13.6. The van der Waals surface area contributed by atoms with Gasteiger partial charge in [0.2, 0.25) is 0 Å². The molecule has 0 bridgehead atoms. The summed E-state index contributed by atoms with van der Waals surface area (Å²) in [5.74, 6) is -0.960. The van der Waals surface area contributed by atoms with Gasteiger partial charge in [-0.3, -0.25) is 9.59 Å². The van der Waals surface area contributed by atoms with E-state index in [1.807, 2.05) is 24.0 Å². The third-order valence-corrected chi connectivity index (χ3v) is 4.52. The lowest BCUT2D eigenvalue weighted by atomic mass is 10.0. The van der Waals surface area contributed by atoms with Crippen LogP contribution in [0.4, 0.5) is 0 Å². The van der Waals surface area contributed by atoms with Crippen molar-refractivity contribution in [3.8, 4) is 0 Å². The fourth-order valence-electron chi connectivity index (χ4n) is 3.40. The molecule has 5 nitrogen and oxygen atoms in total. The third kappa shape index (κ3) is 2.71. The molecule has 0 atom stereocenters. The molecule has 5 heteroatoms. The Morgan fingerprint density at radius 1 is 1.35 bits per heavy atom. The molecular formula is C18H22N2O3. The SMILES string of the molecule is CCCCN1CCc2c(n(CC(=O)O)c3ccc(C)cc23)C1=O. The summed E-state index contributed by atoms with van der Waals surface area (Å²) in [6.45, 7) is 5.39. The van der Waals surface area contributed by atoms with Gasteiger partial charge >= 0.3 is 5.97 Å². The molecule has 0 spiro atoms. The van der Waals surface area contributed by atoms with Crippen molar-refractivity contribution in [3.05, 3.63) is 35.0 Å².